The Bertz CT molecular complexity index is 1080. The molecule has 1 unspecified atom stereocenters. The highest BCUT2D eigenvalue weighted by molar-refractivity contribution is 6.32. The lowest BCUT2D eigenvalue weighted by Gasteiger charge is -2.45. The first-order valence-electron chi connectivity index (χ1n) is 10.8. The first kappa shape index (κ1) is 18.7. The second kappa shape index (κ2) is 6.75. The van der Waals surface area contributed by atoms with Crippen LogP contribution in [0, 0.1) is 0 Å². The van der Waals surface area contributed by atoms with Crippen LogP contribution in [0.1, 0.15) is 42.8 Å². The molecule has 3 atom stereocenters. The lowest BCUT2D eigenvalue weighted by atomic mass is 9.98. The van der Waals surface area contributed by atoms with Gasteiger partial charge in [0.05, 0.1) is 24.0 Å². The van der Waals surface area contributed by atoms with Crippen molar-refractivity contribution in [2.75, 3.05) is 25.0 Å². The number of nitrogens with one attached hydrogen (secondary N) is 2. The van der Waals surface area contributed by atoms with Crippen molar-refractivity contribution < 1.29 is 9.90 Å². The van der Waals surface area contributed by atoms with Crippen LogP contribution in [0.2, 0.25) is 0 Å². The first-order chi connectivity index (χ1) is 15.0. The highest BCUT2D eigenvalue weighted by Crippen LogP contribution is 2.40. The minimum absolute atomic E-state index is 0.0438. The van der Waals surface area contributed by atoms with E-state index < -0.39 is 6.04 Å². The predicted octanol–water partition coefficient (Wildman–Crippen LogP) is 1.10. The van der Waals surface area contributed by atoms with E-state index in [2.05, 4.69) is 25.4 Å². The minimum atomic E-state index is -0.463. The molecule has 2 fully saturated rings. The third kappa shape index (κ3) is 2.77. The largest absolute Gasteiger partial charge is 0.508 e. The van der Waals surface area contributed by atoms with Crippen LogP contribution in [-0.2, 0) is 6.54 Å². The van der Waals surface area contributed by atoms with Gasteiger partial charge in [-0.1, -0.05) is 11.5 Å². The van der Waals surface area contributed by atoms with Crippen LogP contribution in [0.15, 0.2) is 24.1 Å². The Labute approximate surface area is 181 Å². The molecule has 9 nitrogen and oxygen atoms in total. The molecular formula is C21H24BN7O2. The zero-order chi connectivity index (χ0) is 21.3. The Balaban J connectivity index is 1.52. The Kier molecular flexibility index (Phi) is 4.08. The quantitative estimate of drug-likeness (QED) is 0.601. The molecule has 2 aromatic rings. The number of hydrogen-bond acceptors (Lipinski definition) is 6. The molecule has 6 rings (SSSR count). The summed E-state index contributed by atoms with van der Waals surface area (Å²) in [6.45, 7) is 4.70. The van der Waals surface area contributed by atoms with Gasteiger partial charge in [0.2, 0.25) is 0 Å². The number of aliphatic hydroxyl groups is 1. The molecule has 2 saturated heterocycles. The fourth-order valence-corrected chi connectivity index (χ4v) is 5.41. The maximum absolute atomic E-state index is 13.7. The third-order valence-electron chi connectivity index (χ3n) is 7.15. The summed E-state index contributed by atoms with van der Waals surface area (Å²) in [6, 6.07) is 3.26. The van der Waals surface area contributed by atoms with Crippen LogP contribution in [0.4, 0.5) is 10.6 Å². The monoisotopic (exact) mass is 417 g/mol. The standard InChI is InChI=1S/C21H24BN7O2/c1-11-17-14-9-28(11)21(31)29-8-13-3-2-6-27(13)10-16(29)19(30)18(24-20(14)26-25-17)15-5-4-12(22)7-23-15/h4-5,7,11,13,16,30H,2-3,6,8-10H2,1H3,(H2,24,25,26)/b19-18-/t11?,13-,16+/m0/s1. The first-order valence-corrected chi connectivity index (χ1v) is 10.8. The van der Waals surface area contributed by atoms with Crippen LogP contribution in [0.5, 0.6) is 0 Å². The summed E-state index contributed by atoms with van der Waals surface area (Å²) < 4.78 is 0. The van der Waals surface area contributed by atoms with E-state index in [0.29, 0.717) is 48.3 Å². The van der Waals surface area contributed by atoms with E-state index >= 15 is 0 Å². The molecule has 0 spiro atoms. The van der Waals surface area contributed by atoms with Gasteiger partial charge in [0, 0.05) is 30.9 Å². The number of pyridine rings is 1. The Morgan fingerprint density at radius 3 is 2.94 bits per heavy atom. The summed E-state index contributed by atoms with van der Waals surface area (Å²) in [7, 11) is 5.83. The van der Waals surface area contributed by atoms with Gasteiger partial charge in [-0.15, -0.1) is 0 Å². The van der Waals surface area contributed by atoms with Crippen LogP contribution < -0.4 is 10.8 Å². The van der Waals surface area contributed by atoms with Crippen molar-refractivity contribution >= 4 is 30.9 Å². The number of fused-ring (bicyclic) bond motifs is 3. The molecule has 0 saturated carbocycles. The predicted molar refractivity (Wildman–Crippen MR) is 116 cm³/mol. The molecule has 2 amide bonds. The number of urea groups is 1. The number of piperazine rings is 1. The maximum atomic E-state index is 13.7. The van der Waals surface area contributed by atoms with Gasteiger partial charge in [-0.25, -0.2) is 4.79 Å². The van der Waals surface area contributed by atoms with Crippen LogP contribution in [0.3, 0.4) is 0 Å². The number of anilines is 1. The molecule has 2 bridgehead atoms. The van der Waals surface area contributed by atoms with Crippen molar-refractivity contribution in [1.82, 2.24) is 29.9 Å². The average Bonchev–Trinajstić information content (AvgIpc) is 3.47. The lowest BCUT2D eigenvalue weighted by molar-refractivity contribution is 0.0496. The number of rotatable bonds is 1. The third-order valence-corrected chi connectivity index (χ3v) is 7.15. The molecule has 2 radical (unpaired) electrons. The van der Waals surface area contributed by atoms with Gasteiger partial charge >= 0.3 is 6.03 Å². The minimum Gasteiger partial charge on any atom is -0.508 e. The molecule has 10 heteroatoms. The topological polar surface area (TPSA) is 101 Å². The van der Waals surface area contributed by atoms with Crippen molar-refractivity contribution in [3.8, 4) is 0 Å². The number of nitrogens with zero attached hydrogens (tertiary/aromatic N) is 5. The number of aliphatic hydroxyl groups excluding tert-OH is 1. The highest BCUT2D eigenvalue weighted by atomic mass is 16.3. The number of H-pyrrole nitrogens is 1. The SMILES string of the molecule is [B]c1ccc(/C2=C(/O)[C@H]3CN4CCC[C@H]4CN3C(=O)N3Cc4c(n[nH]c4C3C)N2)nc1. The van der Waals surface area contributed by atoms with E-state index in [0.717, 1.165) is 30.6 Å². The van der Waals surface area contributed by atoms with Crippen LogP contribution in [0.25, 0.3) is 5.70 Å². The molecular weight excluding hydrogens is 393 g/mol. The van der Waals surface area contributed by atoms with Crippen molar-refractivity contribution in [2.45, 2.75) is 44.4 Å². The van der Waals surface area contributed by atoms with Gasteiger partial charge in [0.25, 0.3) is 0 Å². The van der Waals surface area contributed by atoms with Crippen molar-refractivity contribution in [2.24, 2.45) is 0 Å². The number of carbonyl (C=O) groups is 1. The summed E-state index contributed by atoms with van der Waals surface area (Å²) >= 11 is 0. The number of hydrogen-bond donors (Lipinski definition) is 3. The van der Waals surface area contributed by atoms with E-state index in [9.17, 15) is 9.90 Å². The second-order valence-corrected chi connectivity index (χ2v) is 8.87. The van der Waals surface area contributed by atoms with Gasteiger partial charge in [-0.05, 0) is 32.4 Å². The molecule has 0 aliphatic carbocycles. The fraction of sp³-hybridized carbons (Fsp3) is 0.476. The molecule has 6 heterocycles. The van der Waals surface area contributed by atoms with E-state index in [1.807, 2.05) is 16.7 Å². The maximum Gasteiger partial charge on any atom is 0.321 e. The summed E-state index contributed by atoms with van der Waals surface area (Å²) in [6.07, 6.45) is 3.76. The number of aromatic amines is 1. The molecule has 158 valence electrons. The summed E-state index contributed by atoms with van der Waals surface area (Å²) in [5.41, 5.74) is 3.44. The Morgan fingerprint density at radius 1 is 1.26 bits per heavy atom. The van der Waals surface area contributed by atoms with E-state index in [1.165, 1.54) is 0 Å². The molecule has 4 aliphatic rings. The van der Waals surface area contributed by atoms with Crippen LogP contribution in [-0.4, -0.2) is 80.6 Å². The Hall–Kier alpha value is -3.01. The number of carbonyl (C=O) groups excluding carboxylic acids is 1. The zero-order valence-corrected chi connectivity index (χ0v) is 17.4. The summed E-state index contributed by atoms with van der Waals surface area (Å²) in [5.74, 6) is 0.712. The summed E-state index contributed by atoms with van der Waals surface area (Å²) in [5, 5.41) is 22.4. The van der Waals surface area contributed by atoms with Gasteiger partial charge in [0.1, 0.15) is 25.3 Å². The smallest absolute Gasteiger partial charge is 0.321 e. The molecule has 0 aromatic carbocycles. The van der Waals surface area contributed by atoms with Gasteiger partial charge < -0.3 is 20.2 Å². The van der Waals surface area contributed by atoms with Crippen molar-refractivity contribution in [3.63, 3.8) is 0 Å². The van der Waals surface area contributed by atoms with Crippen molar-refractivity contribution in [3.05, 3.63) is 41.0 Å². The van der Waals surface area contributed by atoms with E-state index in [4.69, 9.17) is 7.85 Å². The van der Waals surface area contributed by atoms with E-state index in [-0.39, 0.29) is 17.8 Å². The summed E-state index contributed by atoms with van der Waals surface area (Å²) in [4.78, 5) is 24.3. The van der Waals surface area contributed by atoms with Gasteiger partial charge in [0.15, 0.2) is 5.82 Å². The molecule has 4 aliphatic heterocycles. The zero-order valence-electron chi connectivity index (χ0n) is 17.4. The average molecular weight is 417 g/mol. The number of aromatic nitrogens is 3. The molecule has 2 aromatic heterocycles. The molecule has 31 heavy (non-hydrogen) atoms. The Morgan fingerprint density at radius 2 is 2.13 bits per heavy atom. The molecule has 3 N–H and O–H groups in total. The van der Waals surface area contributed by atoms with Crippen molar-refractivity contribution in [1.29, 1.82) is 0 Å². The fourth-order valence-electron chi connectivity index (χ4n) is 5.41. The second-order valence-electron chi connectivity index (χ2n) is 8.87. The van der Waals surface area contributed by atoms with Gasteiger partial charge in [-0.3, -0.25) is 15.0 Å². The van der Waals surface area contributed by atoms with E-state index in [1.54, 1.807) is 18.3 Å². The normalized spacial score (nSPS) is 30.2. The number of amides is 2. The lowest BCUT2D eigenvalue weighted by Crippen LogP contribution is -2.61. The van der Waals surface area contributed by atoms with Crippen LogP contribution >= 0.6 is 0 Å². The van der Waals surface area contributed by atoms with Gasteiger partial charge in [-0.2, -0.15) is 5.10 Å². The highest BCUT2D eigenvalue weighted by Gasteiger charge is 2.46.